The zero-order chi connectivity index (χ0) is 21.1. The number of aryl methyl sites for hydroxylation is 2. The average Bonchev–Trinajstić information content (AvgIpc) is 3.56. The molecule has 5 nitrogen and oxygen atoms in total. The number of hydrogen-bond donors (Lipinski definition) is 0. The van der Waals surface area contributed by atoms with Crippen molar-refractivity contribution in [3.8, 4) is 17.6 Å². The second-order valence-electron chi connectivity index (χ2n) is 7.81. The molecule has 0 unspecified atom stereocenters. The lowest BCUT2D eigenvalue weighted by Crippen LogP contribution is -2.25. The number of benzene rings is 1. The minimum atomic E-state index is -0.0877. The molecule has 0 aliphatic heterocycles. The maximum absolute atomic E-state index is 12.8. The third-order valence-corrected chi connectivity index (χ3v) is 5.25. The quantitative estimate of drug-likeness (QED) is 0.603. The van der Waals surface area contributed by atoms with E-state index in [1.807, 2.05) is 39.0 Å². The van der Waals surface area contributed by atoms with Gasteiger partial charge in [-0.1, -0.05) is 24.0 Å². The van der Waals surface area contributed by atoms with Gasteiger partial charge in [0.25, 0.3) is 5.56 Å². The summed E-state index contributed by atoms with van der Waals surface area (Å²) in [4.78, 5) is 21.1. The highest BCUT2D eigenvalue weighted by Crippen LogP contribution is 2.27. The Morgan fingerprint density at radius 2 is 1.83 bits per heavy atom. The topological polar surface area (TPSA) is 57.0 Å². The van der Waals surface area contributed by atoms with Crippen LogP contribution in [-0.4, -0.2) is 14.5 Å². The van der Waals surface area contributed by atoms with Crippen molar-refractivity contribution >= 4 is 0 Å². The summed E-state index contributed by atoms with van der Waals surface area (Å²) in [5.41, 5.74) is 3.71. The standard InChI is InChI=1S/C25H25N3O2/c1-17-12-24(30-16-22-14-26-19(3)27-15-22)13-25(29)28(17)18(2)23-10-8-21(9-11-23)7-6-20-4-5-20/h8-15,18,20H,4-5,16H2,1-3H3/t18-/m1/s1. The zero-order valence-electron chi connectivity index (χ0n) is 17.6. The van der Waals surface area contributed by atoms with E-state index in [0.29, 0.717) is 24.1 Å². The fourth-order valence-electron chi connectivity index (χ4n) is 3.33. The van der Waals surface area contributed by atoms with Gasteiger partial charge in [-0.15, -0.1) is 0 Å². The monoisotopic (exact) mass is 399 g/mol. The molecule has 2 heterocycles. The van der Waals surface area contributed by atoms with Crippen LogP contribution in [0, 0.1) is 31.6 Å². The maximum Gasteiger partial charge on any atom is 0.254 e. The molecule has 0 bridgehead atoms. The third-order valence-electron chi connectivity index (χ3n) is 5.25. The van der Waals surface area contributed by atoms with Crippen LogP contribution in [0.4, 0.5) is 0 Å². The number of ether oxygens (including phenoxy) is 1. The van der Waals surface area contributed by atoms with E-state index >= 15 is 0 Å². The predicted octanol–water partition coefficient (Wildman–Crippen LogP) is 4.20. The summed E-state index contributed by atoms with van der Waals surface area (Å²) in [5, 5.41) is 0. The van der Waals surface area contributed by atoms with E-state index in [1.165, 1.54) is 18.9 Å². The van der Waals surface area contributed by atoms with Gasteiger partial charge in [0.15, 0.2) is 0 Å². The van der Waals surface area contributed by atoms with Gasteiger partial charge in [0, 0.05) is 41.2 Å². The van der Waals surface area contributed by atoms with Crippen molar-refractivity contribution < 1.29 is 4.74 Å². The molecule has 0 radical (unpaired) electrons. The Morgan fingerprint density at radius 3 is 2.47 bits per heavy atom. The molecule has 1 aliphatic rings. The predicted molar refractivity (Wildman–Crippen MR) is 116 cm³/mol. The van der Waals surface area contributed by atoms with Gasteiger partial charge in [-0.3, -0.25) is 4.79 Å². The lowest BCUT2D eigenvalue weighted by Gasteiger charge is -2.19. The summed E-state index contributed by atoms with van der Waals surface area (Å²) in [6.07, 6.45) is 5.92. The van der Waals surface area contributed by atoms with E-state index in [9.17, 15) is 4.79 Å². The van der Waals surface area contributed by atoms with Crippen molar-refractivity contribution in [2.75, 3.05) is 0 Å². The molecule has 1 atom stereocenters. The van der Waals surface area contributed by atoms with Crippen molar-refractivity contribution in [1.29, 1.82) is 0 Å². The van der Waals surface area contributed by atoms with Crippen LogP contribution in [0.2, 0.25) is 0 Å². The molecule has 4 rings (SSSR count). The number of pyridine rings is 1. The first kappa shape index (κ1) is 19.9. The van der Waals surface area contributed by atoms with Gasteiger partial charge in [0.05, 0.1) is 6.04 Å². The lowest BCUT2D eigenvalue weighted by atomic mass is 10.1. The van der Waals surface area contributed by atoms with E-state index in [4.69, 9.17) is 4.74 Å². The van der Waals surface area contributed by atoms with Gasteiger partial charge < -0.3 is 9.30 Å². The lowest BCUT2D eigenvalue weighted by molar-refractivity contribution is 0.303. The Labute approximate surface area is 176 Å². The molecule has 1 aliphatic carbocycles. The Balaban J connectivity index is 1.48. The van der Waals surface area contributed by atoms with Gasteiger partial charge in [-0.2, -0.15) is 0 Å². The molecule has 0 spiro atoms. The van der Waals surface area contributed by atoms with Crippen LogP contribution in [0.25, 0.3) is 0 Å². The summed E-state index contributed by atoms with van der Waals surface area (Å²) in [5.74, 6) is 8.36. The normalized spacial score (nSPS) is 14.0. The Bertz CT molecular complexity index is 1150. The summed E-state index contributed by atoms with van der Waals surface area (Å²) >= 11 is 0. The fraction of sp³-hybridized carbons (Fsp3) is 0.320. The first-order chi connectivity index (χ1) is 14.5. The first-order valence-corrected chi connectivity index (χ1v) is 10.2. The van der Waals surface area contributed by atoms with E-state index in [1.54, 1.807) is 17.0 Å². The van der Waals surface area contributed by atoms with Crippen LogP contribution in [-0.2, 0) is 6.61 Å². The van der Waals surface area contributed by atoms with Crippen molar-refractivity contribution in [3.63, 3.8) is 0 Å². The van der Waals surface area contributed by atoms with E-state index in [0.717, 1.165) is 22.4 Å². The molecule has 152 valence electrons. The minimum Gasteiger partial charge on any atom is -0.489 e. The van der Waals surface area contributed by atoms with Crippen LogP contribution in [0.3, 0.4) is 0 Å². The number of aromatic nitrogens is 3. The number of hydrogen-bond acceptors (Lipinski definition) is 4. The zero-order valence-corrected chi connectivity index (χ0v) is 17.6. The smallest absolute Gasteiger partial charge is 0.254 e. The molecular weight excluding hydrogens is 374 g/mol. The van der Waals surface area contributed by atoms with Gasteiger partial charge in [0.1, 0.15) is 18.2 Å². The average molecular weight is 399 g/mol. The van der Waals surface area contributed by atoms with Crippen molar-refractivity contribution in [3.05, 3.63) is 87.4 Å². The molecule has 0 saturated heterocycles. The Kier molecular flexibility index (Phi) is 5.67. The third kappa shape index (κ3) is 4.77. The maximum atomic E-state index is 12.8. The second-order valence-corrected chi connectivity index (χ2v) is 7.81. The van der Waals surface area contributed by atoms with E-state index in [-0.39, 0.29) is 11.6 Å². The van der Waals surface area contributed by atoms with Crippen molar-refractivity contribution in [2.45, 2.75) is 46.3 Å². The van der Waals surface area contributed by atoms with Crippen LogP contribution in [0.5, 0.6) is 5.75 Å². The highest BCUT2D eigenvalue weighted by atomic mass is 16.5. The molecule has 5 heteroatoms. The van der Waals surface area contributed by atoms with Gasteiger partial charge in [-0.05, 0) is 57.4 Å². The second kappa shape index (κ2) is 8.54. The van der Waals surface area contributed by atoms with Gasteiger partial charge >= 0.3 is 0 Å². The molecule has 0 amide bonds. The molecule has 2 aromatic heterocycles. The SMILES string of the molecule is Cc1ncc(COc2cc(C)n([C@H](C)c3ccc(C#CC4CC4)cc3)c(=O)c2)cn1. The van der Waals surface area contributed by atoms with Crippen LogP contribution in [0.1, 0.15) is 54.0 Å². The molecule has 3 aromatic rings. The van der Waals surface area contributed by atoms with Crippen LogP contribution < -0.4 is 10.3 Å². The highest BCUT2D eigenvalue weighted by Gasteiger charge is 2.18. The van der Waals surface area contributed by atoms with Gasteiger partial charge in [-0.25, -0.2) is 9.97 Å². The van der Waals surface area contributed by atoms with Crippen LogP contribution in [0.15, 0.2) is 53.6 Å². The summed E-state index contributed by atoms with van der Waals surface area (Å²) in [6.45, 7) is 6.12. The molecule has 0 N–H and O–H groups in total. The minimum absolute atomic E-state index is 0.0810. The summed E-state index contributed by atoms with van der Waals surface area (Å²) < 4.78 is 7.58. The largest absolute Gasteiger partial charge is 0.489 e. The first-order valence-electron chi connectivity index (χ1n) is 10.2. The van der Waals surface area contributed by atoms with E-state index < -0.39 is 0 Å². The Hall–Kier alpha value is -3.39. The van der Waals surface area contributed by atoms with Crippen LogP contribution >= 0.6 is 0 Å². The fourth-order valence-corrected chi connectivity index (χ4v) is 3.33. The highest BCUT2D eigenvalue weighted by molar-refractivity contribution is 5.38. The van der Waals surface area contributed by atoms with E-state index in [2.05, 4.69) is 33.9 Å². The number of rotatable bonds is 5. The number of nitrogens with zero attached hydrogens (tertiary/aromatic N) is 3. The van der Waals surface area contributed by atoms with Crippen molar-refractivity contribution in [1.82, 2.24) is 14.5 Å². The molecule has 30 heavy (non-hydrogen) atoms. The summed E-state index contributed by atoms with van der Waals surface area (Å²) in [7, 11) is 0. The molecule has 1 fully saturated rings. The molecule has 1 aromatic carbocycles. The molecular formula is C25H25N3O2. The summed E-state index contributed by atoms with van der Waals surface area (Å²) in [6, 6.07) is 11.5. The Morgan fingerprint density at radius 1 is 1.13 bits per heavy atom. The molecule has 1 saturated carbocycles. The van der Waals surface area contributed by atoms with Crippen molar-refractivity contribution in [2.24, 2.45) is 5.92 Å². The van der Waals surface area contributed by atoms with Gasteiger partial charge in [0.2, 0.25) is 0 Å².